The van der Waals surface area contributed by atoms with Crippen LogP contribution in [0.2, 0.25) is 0 Å². The monoisotopic (exact) mass is 494 g/mol. The molecule has 1 amide bonds. The van der Waals surface area contributed by atoms with Crippen LogP contribution >= 0.6 is 0 Å². The van der Waals surface area contributed by atoms with Crippen LogP contribution in [0.1, 0.15) is 56.3 Å². The van der Waals surface area contributed by atoms with E-state index >= 15 is 0 Å². The number of fused-ring (bicyclic) bond motifs is 1. The molecule has 2 spiro atoms. The summed E-state index contributed by atoms with van der Waals surface area (Å²) < 4.78 is 6.40. The maximum Gasteiger partial charge on any atom is 0.247 e. The summed E-state index contributed by atoms with van der Waals surface area (Å²) in [7, 11) is 0. The second-order valence-corrected chi connectivity index (χ2v) is 12.1. The van der Waals surface area contributed by atoms with Crippen molar-refractivity contribution in [3.63, 3.8) is 0 Å². The predicted octanol–water partition coefficient (Wildman–Crippen LogP) is 4.67. The molecule has 3 saturated heterocycles. The Hall–Kier alpha value is -3.09. The fourth-order valence-electron chi connectivity index (χ4n) is 8.94. The number of allylic oxidation sites excluding steroid dienone is 3. The van der Waals surface area contributed by atoms with Gasteiger partial charge in [0.15, 0.2) is 0 Å². The van der Waals surface area contributed by atoms with Crippen LogP contribution < -0.4 is 10.6 Å². The van der Waals surface area contributed by atoms with Crippen LogP contribution in [0, 0.1) is 0 Å². The Kier molecular flexibility index (Phi) is 4.19. The second-order valence-electron chi connectivity index (χ2n) is 12.1. The molecule has 6 aliphatic heterocycles. The maximum absolute atomic E-state index is 13.8. The number of benzene rings is 2. The normalized spacial score (nSPS) is 39.1. The smallest absolute Gasteiger partial charge is 0.247 e. The largest absolute Gasteiger partial charge is 0.365 e. The van der Waals surface area contributed by atoms with Crippen molar-refractivity contribution in [2.24, 2.45) is 0 Å². The molecule has 0 aliphatic carbocycles. The number of nitrogens with zero attached hydrogens (tertiary/aromatic N) is 2. The molecule has 2 bridgehead atoms. The lowest BCUT2D eigenvalue weighted by Crippen LogP contribution is -2.72. The number of likely N-dealkylation sites (tertiary alicyclic amines) is 1. The Morgan fingerprint density at radius 1 is 1.00 bits per heavy atom. The van der Waals surface area contributed by atoms with Gasteiger partial charge in [-0.3, -0.25) is 9.69 Å². The lowest BCUT2D eigenvalue weighted by Gasteiger charge is -2.61. The van der Waals surface area contributed by atoms with Gasteiger partial charge in [-0.15, -0.1) is 0 Å². The summed E-state index contributed by atoms with van der Waals surface area (Å²) in [6.07, 6.45) is 9.67. The second kappa shape index (κ2) is 7.06. The van der Waals surface area contributed by atoms with Crippen LogP contribution in [0.25, 0.3) is 0 Å². The van der Waals surface area contributed by atoms with Crippen LogP contribution in [0.3, 0.4) is 0 Å². The summed E-state index contributed by atoms with van der Waals surface area (Å²) in [6.45, 7) is 8.07. The average Bonchev–Trinajstić information content (AvgIpc) is 3.24. The van der Waals surface area contributed by atoms with Gasteiger partial charge in [-0.2, -0.15) is 0 Å². The molecule has 2 aromatic carbocycles. The molecule has 0 aromatic heterocycles. The van der Waals surface area contributed by atoms with Gasteiger partial charge < -0.3 is 20.3 Å². The molecule has 6 nitrogen and oxygen atoms in total. The van der Waals surface area contributed by atoms with E-state index in [0.29, 0.717) is 0 Å². The summed E-state index contributed by atoms with van der Waals surface area (Å²) in [5.74, 6) is 0.0986. The van der Waals surface area contributed by atoms with Crippen molar-refractivity contribution < 1.29 is 9.53 Å². The van der Waals surface area contributed by atoms with Crippen molar-refractivity contribution in [2.45, 2.75) is 74.5 Å². The van der Waals surface area contributed by atoms with E-state index < -0.39 is 0 Å². The van der Waals surface area contributed by atoms with Crippen molar-refractivity contribution in [3.05, 3.63) is 83.5 Å². The quantitative estimate of drug-likeness (QED) is 0.369. The van der Waals surface area contributed by atoms with Gasteiger partial charge in [0.25, 0.3) is 0 Å². The first-order valence-electron chi connectivity index (χ1n) is 13.7. The standard InChI is InChI=1S/C31H34N4O2/c1-4-5-6-14-23(36)34-17-15-30-20-11-7-8-12-21(20)32-27-31(30)16-18-35(28(30)34)25(26-29(2,3)37-26)19-10-9-13-22(33-27)24(19)31/h4-14,25-28,32-33H,15-18H2,1-3H3. The molecular formula is C31H34N4O2. The molecule has 0 saturated carbocycles. The third-order valence-electron chi connectivity index (χ3n) is 10.2. The van der Waals surface area contributed by atoms with Crippen LogP contribution in [-0.2, 0) is 20.4 Å². The van der Waals surface area contributed by atoms with Crippen LogP contribution in [0.5, 0.6) is 0 Å². The maximum atomic E-state index is 13.8. The molecule has 2 N–H and O–H groups in total. The molecule has 6 aliphatic rings. The molecule has 6 heterocycles. The summed E-state index contributed by atoms with van der Waals surface area (Å²) >= 11 is 0. The number of epoxide rings is 1. The number of nitrogens with one attached hydrogen (secondary N) is 2. The van der Waals surface area contributed by atoms with Crippen molar-refractivity contribution in [3.8, 4) is 0 Å². The number of carbonyl (C=O) groups is 1. The van der Waals surface area contributed by atoms with Gasteiger partial charge in [-0.05, 0) is 62.4 Å². The third kappa shape index (κ3) is 2.47. The minimum atomic E-state index is -0.218. The van der Waals surface area contributed by atoms with Crippen molar-refractivity contribution in [2.75, 3.05) is 23.7 Å². The highest BCUT2D eigenvalue weighted by Crippen LogP contribution is 2.71. The topological polar surface area (TPSA) is 60.1 Å². The van der Waals surface area contributed by atoms with Crippen LogP contribution in [0.4, 0.5) is 11.4 Å². The van der Waals surface area contributed by atoms with Crippen molar-refractivity contribution >= 4 is 17.3 Å². The first-order chi connectivity index (χ1) is 17.9. The zero-order valence-corrected chi connectivity index (χ0v) is 21.7. The van der Waals surface area contributed by atoms with Crippen molar-refractivity contribution in [1.82, 2.24) is 9.80 Å². The molecule has 7 atom stereocenters. The number of amides is 1. The van der Waals surface area contributed by atoms with Gasteiger partial charge in [0.05, 0.1) is 23.2 Å². The number of hydrogen-bond acceptors (Lipinski definition) is 5. The summed E-state index contributed by atoms with van der Waals surface area (Å²) in [5.41, 5.74) is 6.09. The number of hydrogen-bond donors (Lipinski definition) is 2. The van der Waals surface area contributed by atoms with Gasteiger partial charge in [0.1, 0.15) is 12.3 Å². The molecule has 37 heavy (non-hydrogen) atoms. The minimum absolute atomic E-state index is 0.0418. The van der Waals surface area contributed by atoms with Gasteiger partial charge in [-0.1, -0.05) is 48.6 Å². The first kappa shape index (κ1) is 21.9. The number of piperidine rings is 1. The Balaban J connectivity index is 1.42. The minimum Gasteiger partial charge on any atom is -0.365 e. The third-order valence-corrected chi connectivity index (χ3v) is 10.2. The van der Waals surface area contributed by atoms with E-state index in [9.17, 15) is 4.79 Å². The highest BCUT2D eigenvalue weighted by atomic mass is 16.6. The fraction of sp³-hybridized carbons (Fsp3) is 0.452. The van der Waals surface area contributed by atoms with E-state index in [1.807, 2.05) is 25.2 Å². The Bertz CT molecular complexity index is 1400. The summed E-state index contributed by atoms with van der Waals surface area (Å²) in [6, 6.07) is 15.7. The SMILES string of the molecule is CC=CC=CC(=O)N1CCC23c4ccccc4NC4Nc5cccc6c5C42CCN(C6C2OC2(C)C)C13. The molecule has 3 fully saturated rings. The number of carbonyl (C=O) groups excluding carboxylic acids is 1. The fourth-order valence-corrected chi connectivity index (χ4v) is 8.94. The zero-order valence-electron chi connectivity index (χ0n) is 21.7. The lowest BCUT2D eigenvalue weighted by atomic mass is 9.50. The van der Waals surface area contributed by atoms with E-state index in [1.54, 1.807) is 6.08 Å². The molecule has 8 rings (SSSR count). The number of anilines is 2. The molecule has 190 valence electrons. The highest BCUT2D eigenvalue weighted by molar-refractivity contribution is 5.89. The highest BCUT2D eigenvalue weighted by Gasteiger charge is 2.76. The van der Waals surface area contributed by atoms with Gasteiger partial charge in [0, 0.05) is 36.0 Å². The van der Waals surface area contributed by atoms with Crippen LogP contribution in [0.15, 0.2) is 66.8 Å². The van der Waals surface area contributed by atoms with E-state index in [1.165, 1.54) is 28.1 Å². The number of ether oxygens (including phenoxy) is 1. The first-order valence-corrected chi connectivity index (χ1v) is 13.7. The van der Waals surface area contributed by atoms with E-state index in [4.69, 9.17) is 4.74 Å². The molecule has 0 radical (unpaired) electrons. The predicted molar refractivity (Wildman–Crippen MR) is 144 cm³/mol. The van der Waals surface area contributed by atoms with Crippen LogP contribution in [-0.4, -0.2) is 52.8 Å². The summed E-state index contributed by atoms with van der Waals surface area (Å²) in [5, 5.41) is 7.85. The van der Waals surface area contributed by atoms with E-state index in [0.717, 1.165) is 25.9 Å². The Labute approximate surface area is 218 Å². The van der Waals surface area contributed by atoms with Gasteiger partial charge >= 0.3 is 0 Å². The average molecular weight is 495 g/mol. The molecular weight excluding hydrogens is 460 g/mol. The lowest BCUT2D eigenvalue weighted by molar-refractivity contribution is -0.137. The zero-order chi connectivity index (χ0) is 25.2. The molecule has 6 heteroatoms. The van der Waals surface area contributed by atoms with Crippen molar-refractivity contribution in [1.29, 1.82) is 0 Å². The molecule has 2 aromatic rings. The van der Waals surface area contributed by atoms with E-state index in [-0.39, 0.29) is 46.8 Å². The number of rotatable bonds is 3. The summed E-state index contributed by atoms with van der Waals surface area (Å²) in [4.78, 5) is 18.7. The number of para-hydroxylation sites is 1. The Morgan fingerprint density at radius 2 is 1.76 bits per heavy atom. The van der Waals surface area contributed by atoms with E-state index in [2.05, 4.69) is 76.7 Å². The molecule has 7 unspecified atom stereocenters. The Morgan fingerprint density at radius 3 is 2.57 bits per heavy atom. The van der Waals surface area contributed by atoms with Gasteiger partial charge in [0.2, 0.25) is 5.91 Å². The van der Waals surface area contributed by atoms with Gasteiger partial charge in [-0.25, -0.2) is 0 Å².